The number of aromatic nitrogens is 5. The van der Waals surface area contributed by atoms with E-state index in [4.69, 9.17) is 45.3 Å². The van der Waals surface area contributed by atoms with Crippen LogP contribution in [0.15, 0.2) is 326 Å². The minimum absolute atomic E-state index is 0. The van der Waals surface area contributed by atoms with Crippen LogP contribution in [0.25, 0.3) is 122 Å². The molecule has 11 aromatic carbocycles. The fourth-order valence-electron chi connectivity index (χ4n) is 15.1. The van der Waals surface area contributed by atoms with Crippen molar-refractivity contribution in [3.63, 3.8) is 0 Å². The van der Waals surface area contributed by atoms with E-state index >= 15 is 0 Å². The van der Waals surface area contributed by atoms with Gasteiger partial charge in [0.1, 0.15) is 5.76 Å². The van der Waals surface area contributed by atoms with Crippen molar-refractivity contribution in [3.8, 4) is 56.3 Å². The molecule has 5 heterocycles. The summed E-state index contributed by atoms with van der Waals surface area (Å²) in [4.78, 5) is 75.4. The van der Waals surface area contributed by atoms with Crippen LogP contribution in [0.2, 0.25) is 0 Å². The number of rotatable bonds is 18. The van der Waals surface area contributed by atoms with Crippen molar-refractivity contribution in [2.75, 3.05) is 0 Å². The second-order valence-electron chi connectivity index (χ2n) is 40.2. The number of benzene rings is 11. The molecular formula is C130H144Ir5N5O10-5. The number of hydrogen-bond acceptors (Lipinski definition) is 15. The first-order valence-electron chi connectivity index (χ1n) is 49.2. The molecule has 799 valence electrons. The molecule has 0 saturated carbocycles. The standard InChI is InChI=1S/C23H26N.C21H22N.C19H12N.C19H18N.C17H14N.C11H20O2.4C5H8O2.5Ir/c1-16(2)11-18-13-19(12-17(3)4)15-21(14-18)23-10-9-20-7-5-6-8-22(20)24-23;1-14(2)9-17-5-6-18-7-8-20(22-21(18)13-17)19-11-15(3)10-16(4)12-19;1-2-7-16-13-17(10-9-14(16)5-1)19-12-11-15-6-3-4-8-18(15)20-19;1-14(2)12-15-6-5-8-17(13-15)19-11-10-16-7-3-4-9-18(16)20-19;1-12-9-13(2)11-15(10-12)17-8-7-14-5-3-4-6-16(14)18-17;1-10(2,3)8(12)7-9(13)11(4,5)6;4*1-4(6)3-5(2)7;;;;;/h5-10,13-14,16-17H,11-12H2,1-4H3;5-8,10-11,13-14H,9H2,1-4H3;1-9,11-13H;3-7,9-11,13-14H,12H2,1-2H3;3-10H,1-2H3;7,12H,1-6H3;4*3,6H,1-2H3;;;;;/q5*-1;;;;;;;;;;. The van der Waals surface area contributed by atoms with Gasteiger partial charge in [-0.05, 0) is 196 Å². The summed E-state index contributed by atoms with van der Waals surface area (Å²) in [6.45, 7) is 48.9. The van der Waals surface area contributed by atoms with Crippen LogP contribution in [0.4, 0.5) is 0 Å². The summed E-state index contributed by atoms with van der Waals surface area (Å²) < 4.78 is 0. The van der Waals surface area contributed by atoms with Gasteiger partial charge < -0.3 is 25.5 Å². The zero-order chi connectivity index (χ0) is 107. The summed E-state index contributed by atoms with van der Waals surface area (Å²) in [5.74, 6) is 2.46. The van der Waals surface area contributed by atoms with Gasteiger partial charge in [-0.1, -0.05) is 300 Å². The Kier molecular flexibility index (Phi) is 59.6. The van der Waals surface area contributed by atoms with E-state index in [1.54, 1.807) is 0 Å². The van der Waals surface area contributed by atoms with Crippen molar-refractivity contribution in [1.82, 2.24) is 24.9 Å². The van der Waals surface area contributed by atoms with E-state index in [1.807, 2.05) is 114 Å². The molecule has 5 aromatic heterocycles. The number of aliphatic hydroxyl groups excluding tert-OH is 5. The minimum Gasteiger partial charge on any atom is -0.512 e. The molecule has 0 spiro atoms. The van der Waals surface area contributed by atoms with Crippen LogP contribution < -0.4 is 0 Å². The first kappa shape index (κ1) is 134. The van der Waals surface area contributed by atoms with E-state index in [9.17, 15) is 29.1 Å². The molecule has 0 aliphatic carbocycles. The average molecular weight is 2900 g/mol. The van der Waals surface area contributed by atoms with Gasteiger partial charge in [-0.2, -0.15) is 0 Å². The quantitative estimate of drug-likeness (QED) is 0.0304. The zero-order valence-electron chi connectivity index (χ0n) is 91.1. The van der Waals surface area contributed by atoms with Crippen molar-refractivity contribution in [1.29, 1.82) is 0 Å². The minimum atomic E-state index is -0.417. The topological polar surface area (TPSA) is 251 Å². The number of pyridine rings is 5. The fraction of sp³-hybridized carbons (Fsp3) is 0.277. The fourth-order valence-corrected chi connectivity index (χ4v) is 15.1. The Morgan fingerprint density at radius 1 is 0.287 bits per heavy atom. The Bertz CT molecular complexity index is 6990. The normalized spacial score (nSPS) is 11.1. The smallest absolute Gasteiger partial charge is 0.164 e. The van der Waals surface area contributed by atoms with Gasteiger partial charge in [0.05, 0.1) is 50.6 Å². The number of para-hydroxylation sites is 4. The third kappa shape index (κ3) is 49.4. The summed E-state index contributed by atoms with van der Waals surface area (Å²) in [6.07, 6.45) is 10.3. The Morgan fingerprint density at radius 3 is 0.907 bits per heavy atom. The molecule has 0 fully saturated rings. The van der Waals surface area contributed by atoms with Crippen molar-refractivity contribution in [2.24, 2.45) is 34.5 Å². The molecule has 16 aromatic rings. The molecule has 0 aliphatic heterocycles. The van der Waals surface area contributed by atoms with Crippen molar-refractivity contribution < 1.29 is 150 Å². The van der Waals surface area contributed by atoms with E-state index in [1.165, 1.54) is 151 Å². The Hall–Kier alpha value is -12.0. The van der Waals surface area contributed by atoms with Crippen LogP contribution in [0.1, 0.15) is 197 Å². The number of allylic oxidation sites excluding steroid dienone is 10. The summed E-state index contributed by atoms with van der Waals surface area (Å²) in [5.41, 5.74) is 25.0. The predicted octanol–water partition coefficient (Wildman–Crippen LogP) is 32.9. The van der Waals surface area contributed by atoms with Gasteiger partial charge in [0.25, 0.3) is 0 Å². The molecule has 150 heavy (non-hydrogen) atoms. The number of carbonyl (C=O) groups is 5. The maximum Gasteiger partial charge on any atom is 0.164 e. The third-order valence-electron chi connectivity index (χ3n) is 21.3. The van der Waals surface area contributed by atoms with E-state index in [0.717, 1.165) is 126 Å². The Morgan fingerprint density at radius 2 is 0.580 bits per heavy atom. The molecule has 0 saturated heterocycles. The summed E-state index contributed by atoms with van der Waals surface area (Å²) in [7, 11) is 0. The molecule has 0 aliphatic rings. The van der Waals surface area contributed by atoms with Crippen LogP contribution in [-0.2, 0) is 150 Å². The third-order valence-corrected chi connectivity index (χ3v) is 21.3. The maximum atomic E-state index is 11.5. The van der Waals surface area contributed by atoms with Crippen molar-refractivity contribution in [3.05, 3.63) is 401 Å². The summed E-state index contributed by atoms with van der Waals surface area (Å²) in [5, 5.41) is 51.3. The van der Waals surface area contributed by atoms with Crippen molar-refractivity contribution >= 4 is 94.2 Å². The van der Waals surface area contributed by atoms with Gasteiger partial charge >= 0.3 is 0 Å². The van der Waals surface area contributed by atoms with E-state index in [2.05, 4.69) is 308 Å². The van der Waals surface area contributed by atoms with Gasteiger partial charge in [-0.3, -0.25) is 48.9 Å². The molecule has 0 unspecified atom stereocenters. The van der Waals surface area contributed by atoms with Crippen LogP contribution in [0.5, 0.6) is 0 Å². The van der Waals surface area contributed by atoms with E-state index < -0.39 is 5.41 Å². The molecule has 0 bridgehead atoms. The number of carbonyl (C=O) groups excluding carboxylic acids is 5. The molecule has 0 amide bonds. The van der Waals surface area contributed by atoms with Gasteiger partial charge in [0, 0.05) is 142 Å². The van der Waals surface area contributed by atoms with Gasteiger partial charge in [0.2, 0.25) is 0 Å². The van der Waals surface area contributed by atoms with E-state index in [0.29, 0.717) is 23.7 Å². The average Bonchev–Trinajstić information content (AvgIpc) is 0.801. The second-order valence-corrected chi connectivity index (χ2v) is 40.2. The SMILES string of the molecule is CC(=O)C=C(C)O.CC(=O)C=C(C)O.CC(=O)C=C(C)O.CC(=O)C=C(C)O.CC(C)(C)C(=O)C=C(O)C(C)(C)C.CC(C)Cc1[c-]c(-c2ccc3ccccc3n2)cc(CC(C)C)c1.CC(C)Cc1cc[c-]c(-c2ccc3ccccc3n2)c1.Cc1[c-]c(-c2ccc3ccc(CC(C)C)cc3n2)cc(C)c1.Cc1[c-]c(-c2ccc3ccccc3n2)cc(C)c1.[Ir].[Ir].[Ir].[Ir].[Ir].[c-]1cc2ccccc2cc1-c1ccc2ccccc2n1. The van der Waals surface area contributed by atoms with Gasteiger partial charge in [-0.15, -0.1) is 169 Å². The number of hydrogen-bond donors (Lipinski definition) is 5. The number of aliphatic hydroxyl groups is 5. The first-order valence-corrected chi connectivity index (χ1v) is 49.2. The monoisotopic (exact) mass is 2900 g/mol. The van der Waals surface area contributed by atoms with Crippen LogP contribution in [0.3, 0.4) is 0 Å². The molecule has 20 heteroatoms. The number of ketones is 5. The molecule has 16 rings (SSSR count). The van der Waals surface area contributed by atoms with Gasteiger partial charge in [-0.25, -0.2) is 0 Å². The molecule has 5 N–H and O–H groups in total. The zero-order valence-corrected chi connectivity index (χ0v) is 103. The number of aryl methyl sites for hydroxylation is 4. The largest absolute Gasteiger partial charge is 0.512 e. The molecule has 15 nitrogen and oxygen atoms in total. The first-order chi connectivity index (χ1) is 68.4. The maximum absolute atomic E-state index is 11.5. The van der Waals surface area contributed by atoms with E-state index in [-0.39, 0.29) is 164 Å². The van der Waals surface area contributed by atoms with Gasteiger partial charge in [0.15, 0.2) is 28.9 Å². The number of nitrogens with zero attached hydrogens (tertiary/aromatic N) is 5. The van der Waals surface area contributed by atoms with Crippen LogP contribution in [-0.4, -0.2) is 79.4 Å². The Balaban J connectivity index is 0.000000577. The Labute approximate surface area is 958 Å². The second kappa shape index (κ2) is 66.7. The molecule has 0 atom stereocenters. The summed E-state index contributed by atoms with van der Waals surface area (Å²) >= 11 is 0. The van der Waals surface area contributed by atoms with Crippen LogP contribution in [0, 0.1) is 92.5 Å². The number of fused-ring (bicyclic) bond motifs is 6. The summed E-state index contributed by atoms with van der Waals surface area (Å²) in [6, 6.07) is 110. The molecular weight excluding hydrogens is 2750 g/mol. The molecule has 5 radical (unpaired) electrons. The predicted molar refractivity (Wildman–Crippen MR) is 604 cm³/mol. The van der Waals surface area contributed by atoms with Crippen LogP contribution >= 0.6 is 0 Å². The van der Waals surface area contributed by atoms with Crippen molar-refractivity contribution in [2.45, 2.75) is 206 Å².